The van der Waals surface area contributed by atoms with Gasteiger partial charge in [0.15, 0.2) is 5.65 Å². The Kier molecular flexibility index (Phi) is 4.61. The summed E-state index contributed by atoms with van der Waals surface area (Å²) in [5.41, 5.74) is 1.74. The summed E-state index contributed by atoms with van der Waals surface area (Å²) in [6.07, 6.45) is 9.23. The van der Waals surface area contributed by atoms with Crippen LogP contribution in [0.15, 0.2) is 24.9 Å². The lowest BCUT2D eigenvalue weighted by atomic mass is 10.1. The van der Waals surface area contributed by atoms with E-state index in [2.05, 4.69) is 30.4 Å². The zero-order valence-electron chi connectivity index (χ0n) is 15.4. The van der Waals surface area contributed by atoms with Crippen molar-refractivity contribution in [2.75, 3.05) is 30.4 Å². The third-order valence-electron chi connectivity index (χ3n) is 4.76. The van der Waals surface area contributed by atoms with Crippen molar-refractivity contribution in [3.8, 4) is 0 Å². The van der Waals surface area contributed by atoms with Gasteiger partial charge in [-0.1, -0.05) is 0 Å². The summed E-state index contributed by atoms with van der Waals surface area (Å²) < 4.78 is 8.05. The molecule has 4 heterocycles. The minimum atomic E-state index is -0.368. The predicted octanol–water partition coefficient (Wildman–Crippen LogP) is 0.814. The molecule has 1 atom stereocenters. The van der Waals surface area contributed by atoms with E-state index in [0.29, 0.717) is 5.65 Å². The van der Waals surface area contributed by atoms with Gasteiger partial charge in [0.1, 0.15) is 18.7 Å². The zero-order valence-corrected chi connectivity index (χ0v) is 15.4. The topological polar surface area (TPSA) is 103 Å². The molecule has 0 aliphatic carbocycles. The number of nitrogens with one attached hydrogen (secondary N) is 1. The van der Waals surface area contributed by atoms with E-state index in [0.717, 1.165) is 42.8 Å². The Labute approximate surface area is 156 Å². The van der Waals surface area contributed by atoms with Crippen molar-refractivity contribution in [2.45, 2.75) is 25.4 Å². The number of piperidine rings is 1. The van der Waals surface area contributed by atoms with Crippen LogP contribution < -0.4 is 10.2 Å². The minimum Gasteiger partial charge on any atom is -0.468 e. The van der Waals surface area contributed by atoms with Crippen LogP contribution in [-0.2, 0) is 23.1 Å². The number of esters is 1. The molecule has 0 saturated carbocycles. The average Bonchev–Trinajstić information content (AvgIpc) is 3.29. The second-order valence-corrected chi connectivity index (χ2v) is 6.64. The van der Waals surface area contributed by atoms with Crippen molar-refractivity contribution in [3.63, 3.8) is 0 Å². The number of carbonyl (C=O) groups is 1. The number of fused-ring (bicyclic) bond motifs is 1. The van der Waals surface area contributed by atoms with E-state index in [1.165, 1.54) is 18.1 Å². The Morgan fingerprint density at radius 3 is 3.00 bits per heavy atom. The van der Waals surface area contributed by atoms with Crippen LogP contribution in [0.4, 0.5) is 11.5 Å². The van der Waals surface area contributed by atoms with Crippen molar-refractivity contribution in [1.29, 1.82) is 0 Å². The Morgan fingerprint density at radius 2 is 2.22 bits per heavy atom. The van der Waals surface area contributed by atoms with E-state index in [9.17, 15) is 4.79 Å². The van der Waals surface area contributed by atoms with E-state index in [4.69, 9.17) is 4.74 Å². The van der Waals surface area contributed by atoms with Crippen molar-refractivity contribution in [1.82, 2.24) is 29.5 Å². The lowest BCUT2D eigenvalue weighted by Gasteiger charge is -2.34. The van der Waals surface area contributed by atoms with Gasteiger partial charge in [-0.15, -0.1) is 0 Å². The molecule has 0 radical (unpaired) electrons. The fourth-order valence-corrected chi connectivity index (χ4v) is 3.40. The van der Waals surface area contributed by atoms with E-state index >= 15 is 0 Å². The van der Waals surface area contributed by atoms with Crippen LogP contribution in [-0.4, -0.2) is 61.7 Å². The Bertz CT molecular complexity index is 949. The predicted molar refractivity (Wildman–Crippen MR) is 99.4 cm³/mol. The second-order valence-electron chi connectivity index (χ2n) is 6.64. The first-order valence-electron chi connectivity index (χ1n) is 8.87. The molecular formula is C17H22N8O2. The molecule has 1 fully saturated rings. The van der Waals surface area contributed by atoms with Crippen LogP contribution in [0.1, 0.15) is 12.8 Å². The number of nitrogens with zero attached hydrogens (tertiary/aromatic N) is 7. The maximum Gasteiger partial charge on any atom is 0.327 e. The van der Waals surface area contributed by atoms with Gasteiger partial charge < -0.3 is 15.0 Å². The number of aryl methyl sites for hydroxylation is 1. The van der Waals surface area contributed by atoms with Crippen molar-refractivity contribution in [2.24, 2.45) is 7.05 Å². The Morgan fingerprint density at radius 1 is 1.33 bits per heavy atom. The Hall–Kier alpha value is -3.17. The normalized spacial score (nSPS) is 17.3. The monoisotopic (exact) mass is 370 g/mol. The fourth-order valence-electron chi connectivity index (χ4n) is 3.40. The van der Waals surface area contributed by atoms with Crippen LogP contribution in [0.3, 0.4) is 0 Å². The number of ether oxygens (including phenoxy) is 1. The molecule has 1 aliphatic rings. The molecule has 0 spiro atoms. The molecule has 0 aromatic carbocycles. The first-order chi connectivity index (χ1) is 13.1. The molecule has 10 heteroatoms. The van der Waals surface area contributed by atoms with Gasteiger partial charge in [0.2, 0.25) is 0 Å². The van der Waals surface area contributed by atoms with Gasteiger partial charge in [-0.2, -0.15) is 10.2 Å². The number of hydrogen-bond acceptors (Lipinski definition) is 8. The van der Waals surface area contributed by atoms with Crippen molar-refractivity contribution < 1.29 is 9.53 Å². The molecule has 0 amide bonds. The molecular weight excluding hydrogens is 348 g/mol. The van der Waals surface area contributed by atoms with Gasteiger partial charge in [-0.3, -0.25) is 9.48 Å². The minimum absolute atomic E-state index is 0.0225. The molecule has 0 bridgehead atoms. The van der Waals surface area contributed by atoms with E-state index in [1.807, 2.05) is 24.1 Å². The van der Waals surface area contributed by atoms with E-state index in [-0.39, 0.29) is 18.6 Å². The van der Waals surface area contributed by atoms with Crippen molar-refractivity contribution in [3.05, 3.63) is 24.9 Å². The summed E-state index contributed by atoms with van der Waals surface area (Å²) in [5, 5.41) is 12.8. The summed E-state index contributed by atoms with van der Waals surface area (Å²) >= 11 is 0. The van der Waals surface area contributed by atoms with E-state index < -0.39 is 0 Å². The van der Waals surface area contributed by atoms with Crippen LogP contribution in [0.2, 0.25) is 0 Å². The molecule has 3 aromatic heterocycles. The maximum absolute atomic E-state index is 11.5. The molecule has 142 valence electrons. The van der Waals surface area contributed by atoms with Gasteiger partial charge in [-0.05, 0) is 12.8 Å². The van der Waals surface area contributed by atoms with Crippen LogP contribution in [0.25, 0.3) is 11.0 Å². The number of hydrogen-bond donors (Lipinski definition) is 1. The number of carbonyl (C=O) groups excluding carboxylic acids is 1. The molecule has 1 saturated heterocycles. The molecule has 1 aliphatic heterocycles. The summed E-state index contributed by atoms with van der Waals surface area (Å²) in [6.45, 7) is 1.91. The smallest absolute Gasteiger partial charge is 0.327 e. The number of rotatable bonds is 5. The zero-order chi connectivity index (χ0) is 18.8. The van der Waals surface area contributed by atoms with E-state index in [1.54, 1.807) is 6.20 Å². The van der Waals surface area contributed by atoms with Crippen molar-refractivity contribution >= 4 is 28.5 Å². The third-order valence-corrected chi connectivity index (χ3v) is 4.76. The fraction of sp³-hybridized carbons (Fsp3) is 0.471. The average molecular weight is 370 g/mol. The van der Waals surface area contributed by atoms with Gasteiger partial charge in [0.05, 0.1) is 30.6 Å². The maximum atomic E-state index is 11.5. The second kappa shape index (κ2) is 7.22. The van der Waals surface area contributed by atoms with Gasteiger partial charge in [-0.25, -0.2) is 14.6 Å². The third kappa shape index (κ3) is 3.55. The SMILES string of the molecule is COC(=O)Cn1ncc2c(NC3CCCN(c4cnn(C)c4)C3)ncnc21. The first kappa shape index (κ1) is 17.3. The number of aromatic nitrogens is 6. The van der Waals surface area contributed by atoms with Gasteiger partial charge in [0.25, 0.3) is 0 Å². The quantitative estimate of drug-likeness (QED) is 0.658. The Balaban J connectivity index is 1.52. The number of methoxy groups -OCH3 is 1. The largest absolute Gasteiger partial charge is 0.468 e. The summed E-state index contributed by atoms with van der Waals surface area (Å²) in [7, 11) is 3.28. The standard InChI is InChI=1S/C17H22N8O2/c1-23-9-13(6-20-23)24-5-3-4-12(8-24)22-16-14-7-21-25(10-15(26)27-2)17(14)19-11-18-16/h6-7,9,11-12H,3-5,8,10H2,1-2H3,(H,18,19,22). The molecule has 1 N–H and O–H groups in total. The highest BCUT2D eigenvalue weighted by Crippen LogP contribution is 2.24. The van der Waals surface area contributed by atoms with Crippen LogP contribution in [0, 0.1) is 0 Å². The highest BCUT2D eigenvalue weighted by molar-refractivity contribution is 5.87. The first-order valence-corrected chi connectivity index (χ1v) is 8.87. The van der Waals surface area contributed by atoms with Crippen LogP contribution >= 0.6 is 0 Å². The molecule has 3 aromatic rings. The summed E-state index contributed by atoms with van der Waals surface area (Å²) in [6, 6.07) is 0.251. The lowest BCUT2D eigenvalue weighted by Crippen LogP contribution is -2.42. The van der Waals surface area contributed by atoms with Gasteiger partial charge >= 0.3 is 5.97 Å². The highest BCUT2D eigenvalue weighted by Gasteiger charge is 2.22. The number of anilines is 2. The molecule has 1 unspecified atom stereocenters. The summed E-state index contributed by atoms with van der Waals surface area (Å²) in [5.74, 6) is 0.363. The molecule has 4 rings (SSSR count). The molecule has 10 nitrogen and oxygen atoms in total. The molecule has 27 heavy (non-hydrogen) atoms. The van der Waals surface area contributed by atoms with Gasteiger partial charge in [0, 0.05) is 32.4 Å². The lowest BCUT2D eigenvalue weighted by molar-refractivity contribution is -0.141. The van der Waals surface area contributed by atoms with Crippen LogP contribution in [0.5, 0.6) is 0 Å². The highest BCUT2D eigenvalue weighted by atomic mass is 16.5. The summed E-state index contributed by atoms with van der Waals surface area (Å²) in [4.78, 5) is 22.5.